The van der Waals surface area contributed by atoms with E-state index in [1.165, 1.54) is 12.8 Å². The van der Waals surface area contributed by atoms with Crippen LogP contribution in [0.25, 0.3) is 0 Å². The number of nitrogens with zero attached hydrogens (tertiary/aromatic N) is 2. The third kappa shape index (κ3) is 4.22. The van der Waals surface area contributed by atoms with Gasteiger partial charge in [-0.05, 0) is 56.1 Å². The van der Waals surface area contributed by atoms with Crippen LogP contribution in [0.3, 0.4) is 0 Å². The minimum Gasteiger partial charge on any atom is -0.468 e. The Labute approximate surface area is 171 Å². The number of rotatable bonds is 7. The fraction of sp³-hybridized carbons (Fsp3) is 0.478. The molecule has 0 radical (unpaired) electrons. The number of benzene rings is 1. The van der Waals surface area contributed by atoms with Crippen molar-refractivity contribution in [3.8, 4) is 0 Å². The highest BCUT2D eigenvalue weighted by Gasteiger charge is 2.36. The third-order valence-corrected chi connectivity index (χ3v) is 6.08. The maximum Gasteiger partial charge on any atom is 0.227 e. The van der Waals surface area contributed by atoms with E-state index in [1.807, 2.05) is 36.4 Å². The van der Waals surface area contributed by atoms with E-state index in [9.17, 15) is 9.59 Å². The van der Waals surface area contributed by atoms with Gasteiger partial charge in [0.25, 0.3) is 0 Å². The number of anilines is 1. The smallest absolute Gasteiger partial charge is 0.227 e. The molecular weight excluding hydrogens is 366 g/mol. The molecule has 2 aliphatic rings. The third-order valence-electron chi connectivity index (χ3n) is 6.08. The Bertz CT molecular complexity index is 843. The lowest BCUT2D eigenvalue weighted by Crippen LogP contribution is -2.39. The van der Waals surface area contributed by atoms with Gasteiger partial charge in [-0.15, -0.1) is 0 Å². The molecule has 3 heterocycles. The SMILES string of the molecule is CCc1ccccc1N1CC(C(=O)NCC(c2ccco2)N2CCCC2)CC1=O. The summed E-state index contributed by atoms with van der Waals surface area (Å²) in [6.45, 7) is 5.06. The molecule has 0 aliphatic carbocycles. The molecule has 0 bridgehead atoms. The number of para-hydroxylation sites is 1. The number of hydrogen-bond donors (Lipinski definition) is 1. The largest absolute Gasteiger partial charge is 0.468 e. The van der Waals surface area contributed by atoms with E-state index in [0.717, 1.165) is 36.5 Å². The van der Waals surface area contributed by atoms with Gasteiger partial charge in [0, 0.05) is 25.2 Å². The standard InChI is InChI=1S/C23H29N3O3/c1-2-17-8-3-4-9-19(17)26-16-18(14-22(26)27)23(28)24-15-20(21-10-7-13-29-21)25-11-5-6-12-25/h3-4,7-10,13,18,20H,2,5-6,11-12,14-16H2,1H3,(H,24,28). The lowest BCUT2D eigenvalue weighted by atomic mass is 10.1. The van der Waals surface area contributed by atoms with E-state index in [0.29, 0.717) is 13.1 Å². The Morgan fingerprint density at radius 1 is 1.21 bits per heavy atom. The predicted molar refractivity (Wildman–Crippen MR) is 112 cm³/mol. The first-order valence-corrected chi connectivity index (χ1v) is 10.6. The molecule has 2 atom stereocenters. The van der Waals surface area contributed by atoms with Crippen molar-refractivity contribution >= 4 is 17.5 Å². The van der Waals surface area contributed by atoms with Gasteiger partial charge in [0.1, 0.15) is 5.76 Å². The number of amides is 2. The maximum absolute atomic E-state index is 12.9. The Hall–Kier alpha value is -2.60. The lowest BCUT2D eigenvalue weighted by Gasteiger charge is -2.26. The summed E-state index contributed by atoms with van der Waals surface area (Å²) < 4.78 is 5.63. The van der Waals surface area contributed by atoms with Gasteiger partial charge in [-0.25, -0.2) is 0 Å². The molecule has 1 N–H and O–H groups in total. The van der Waals surface area contributed by atoms with Gasteiger partial charge in [0.2, 0.25) is 11.8 Å². The van der Waals surface area contributed by atoms with Gasteiger partial charge in [-0.2, -0.15) is 0 Å². The zero-order valence-electron chi connectivity index (χ0n) is 17.0. The minimum atomic E-state index is -0.316. The first-order valence-electron chi connectivity index (χ1n) is 10.6. The molecule has 1 aromatic heterocycles. The highest BCUT2D eigenvalue weighted by atomic mass is 16.3. The van der Waals surface area contributed by atoms with E-state index in [-0.39, 0.29) is 30.2 Å². The van der Waals surface area contributed by atoms with Crippen LogP contribution >= 0.6 is 0 Å². The van der Waals surface area contributed by atoms with Crippen molar-refractivity contribution in [3.05, 3.63) is 54.0 Å². The van der Waals surface area contributed by atoms with E-state index in [2.05, 4.69) is 17.1 Å². The van der Waals surface area contributed by atoms with Gasteiger partial charge in [0.15, 0.2) is 0 Å². The summed E-state index contributed by atoms with van der Waals surface area (Å²) >= 11 is 0. The summed E-state index contributed by atoms with van der Waals surface area (Å²) in [5.74, 6) is 0.537. The summed E-state index contributed by atoms with van der Waals surface area (Å²) in [5, 5.41) is 3.09. The molecule has 2 saturated heterocycles. The van der Waals surface area contributed by atoms with Crippen LogP contribution in [-0.2, 0) is 16.0 Å². The Morgan fingerprint density at radius 2 is 2.00 bits per heavy atom. The summed E-state index contributed by atoms with van der Waals surface area (Å²) in [6, 6.07) is 11.8. The molecule has 2 fully saturated rings. The van der Waals surface area contributed by atoms with E-state index < -0.39 is 0 Å². The Morgan fingerprint density at radius 3 is 2.72 bits per heavy atom. The molecule has 6 heteroatoms. The Kier molecular flexibility index (Phi) is 6.00. The molecule has 1 aromatic carbocycles. The van der Waals surface area contributed by atoms with Crippen molar-refractivity contribution < 1.29 is 14.0 Å². The quantitative estimate of drug-likeness (QED) is 0.782. The molecule has 2 aromatic rings. The van der Waals surface area contributed by atoms with E-state index >= 15 is 0 Å². The van der Waals surface area contributed by atoms with Gasteiger partial charge in [0.05, 0.1) is 18.2 Å². The highest BCUT2D eigenvalue weighted by molar-refractivity contribution is 6.00. The number of furan rings is 1. The lowest BCUT2D eigenvalue weighted by molar-refractivity contribution is -0.126. The molecule has 29 heavy (non-hydrogen) atoms. The second kappa shape index (κ2) is 8.82. The molecule has 2 aliphatic heterocycles. The first kappa shape index (κ1) is 19.7. The van der Waals surface area contributed by atoms with Crippen molar-refractivity contribution in [1.82, 2.24) is 10.2 Å². The fourth-order valence-electron chi connectivity index (χ4n) is 4.47. The summed E-state index contributed by atoms with van der Waals surface area (Å²) in [5.41, 5.74) is 2.06. The van der Waals surface area contributed by atoms with Crippen LogP contribution in [0.2, 0.25) is 0 Å². The minimum absolute atomic E-state index is 0.0215. The molecule has 0 saturated carbocycles. The van der Waals surface area contributed by atoms with E-state index in [4.69, 9.17) is 4.42 Å². The molecule has 4 rings (SSSR count). The first-order chi connectivity index (χ1) is 14.2. The molecule has 154 valence electrons. The molecule has 2 amide bonds. The number of nitrogens with one attached hydrogen (secondary N) is 1. The van der Waals surface area contributed by atoms with Crippen LogP contribution in [0.1, 0.15) is 43.6 Å². The zero-order chi connectivity index (χ0) is 20.2. The van der Waals surface area contributed by atoms with Gasteiger partial charge in [-0.3, -0.25) is 14.5 Å². The fourth-order valence-corrected chi connectivity index (χ4v) is 4.47. The second-order valence-electron chi connectivity index (χ2n) is 7.91. The average Bonchev–Trinajstić information content (AvgIpc) is 3.50. The Balaban J connectivity index is 1.40. The number of aryl methyl sites for hydroxylation is 1. The molecule has 6 nitrogen and oxygen atoms in total. The van der Waals surface area contributed by atoms with Crippen LogP contribution in [0.15, 0.2) is 47.1 Å². The normalized spacial score (nSPS) is 20.9. The van der Waals surface area contributed by atoms with Crippen molar-refractivity contribution in [2.24, 2.45) is 5.92 Å². The van der Waals surface area contributed by atoms with Crippen molar-refractivity contribution in [1.29, 1.82) is 0 Å². The van der Waals surface area contributed by atoms with Crippen molar-refractivity contribution in [2.45, 2.75) is 38.6 Å². The molecule has 2 unspecified atom stereocenters. The van der Waals surface area contributed by atoms with Crippen molar-refractivity contribution in [2.75, 3.05) is 31.1 Å². The van der Waals surface area contributed by atoms with Crippen LogP contribution < -0.4 is 10.2 Å². The summed E-state index contributed by atoms with van der Waals surface area (Å²) in [4.78, 5) is 29.6. The van der Waals surface area contributed by atoms with E-state index in [1.54, 1.807) is 11.2 Å². The van der Waals surface area contributed by atoms with Crippen LogP contribution in [-0.4, -0.2) is 42.9 Å². The maximum atomic E-state index is 12.9. The summed E-state index contributed by atoms with van der Waals surface area (Å²) in [6.07, 6.45) is 5.15. The van der Waals surface area contributed by atoms with Gasteiger partial charge < -0.3 is 14.6 Å². The number of hydrogen-bond acceptors (Lipinski definition) is 4. The van der Waals surface area contributed by atoms with Crippen LogP contribution in [0.5, 0.6) is 0 Å². The van der Waals surface area contributed by atoms with Crippen LogP contribution in [0.4, 0.5) is 5.69 Å². The molecular formula is C23H29N3O3. The second-order valence-corrected chi connectivity index (χ2v) is 7.91. The average molecular weight is 396 g/mol. The van der Waals surface area contributed by atoms with Gasteiger partial charge >= 0.3 is 0 Å². The summed E-state index contributed by atoms with van der Waals surface area (Å²) in [7, 11) is 0. The zero-order valence-corrected chi connectivity index (χ0v) is 17.0. The topological polar surface area (TPSA) is 65.8 Å². The highest BCUT2D eigenvalue weighted by Crippen LogP contribution is 2.29. The van der Waals surface area contributed by atoms with Crippen molar-refractivity contribution in [3.63, 3.8) is 0 Å². The predicted octanol–water partition coefficient (Wildman–Crippen LogP) is 3.15. The molecule has 0 spiro atoms. The van der Waals surface area contributed by atoms with Crippen LogP contribution in [0, 0.1) is 5.92 Å². The number of carbonyl (C=O) groups excluding carboxylic acids is 2. The monoisotopic (exact) mass is 395 g/mol. The number of carbonyl (C=O) groups is 2. The van der Waals surface area contributed by atoms with Gasteiger partial charge in [-0.1, -0.05) is 25.1 Å². The number of likely N-dealkylation sites (tertiary alicyclic amines) is 1.